The van der Waals surface area contributed by atoms with Crippen molar-refractivity contribution >= 4 is 45.8 Å². The zero-order valence-electron chi connectivity index (χ0n) is 18.5. The topological polar surface area (TPSA) is 50.4 Å². The third-order valence-corrected chi connectivity index (χ3v) is 5.31. The summed E-state index contributed by atoms with van der Waals surface area (Å²) in [7, 11) is 0. The van der Waals surface area contributed by atoms with Crippen LogP contribution in [0.5, 0.6) is 5.75 Å². The highest BCUT2D eigenvalue weighted by molar-refractivity contribution is 7.80. The maximum atomic E-state index is 12.3. The van der Waals surface area contributed by atoms with Crippen LogP contribution in [0.3, 0.4) is 0 Å². The first-order valence-electron chi connectivity index (χ1n) is 11.2. The van der Waals surface area contributed by atoms with E-state index in [2.05, 4.69) is 29.7 Å². The fourth-order valence-electron chi connectivity index (χ4n) is 3.41. The van der Waals surface area contributed by atoms with Gasteiger partial charge in [-0.05, 0) is 65.3 Å². The smallest absolute Gasteiger partial charge is 0.250 e. The Hall–Kier alpha value is -3.18. The number of carbonyl (C=O) groups is 1. The van der Waals surface area contributed by atoms with Gasteiger partial charge < -0.3 is 10.1 Å². The molecule has 1 amide bonds. The van der Waals surface area contributed by atoms with Crippen LogP contribution < -0.4 is 15.4 Å². The van der Waals surface area contributed by atoms with E-state index in [1.54, 1.807) is 6.08 Å². The van der Waals surface area contributed by atoms with Crippen molar-refractivity contribution in [1.29, 1.82) is 0 Å². The molecule has 0 radical (unpaired) electrons. The molecule has 0 heterocycles. The lowest BCUT2D eigenvalue weighted by atomic mass is 10.0. The largest absolute Gasteiger partial charge is 0.494 e. The van der Waals surface area contributed by atoms with E-state index in [1.807, 2.05) is 54.6 Å². The third-order valence-electron chi connectivity index (χ3n) is 5.10. The van der Waals surface area contributed by atoms with Crippen LogP contribution in [0.15, 0.2) is 72.8 Å². The second kappa shape index (κ2) is 12.6. The lowest BCUT2D eigenvalue weighted by Crippen LogP contribution is -2.32. The Morgan fingerprint density at radius 2 is 1.69 bits per heavy atom. The summed E-state index contributed by atoms with van der Waals surface area (Å²) in [6.45, 7) is 2.94. The van der Waals surface area contributed by atoms with Gasteiger partial charge in [0.15, 0.2) is 5.11 Å². The molecule has 0 saturated carbocycles. The first-order valence-corrected chi connectivity index (χ1v) is 11.6. The van der Waals surface area contributed by atoms with Crippen LogP contribution in [0.2, 0.25) is 0 Å². The SMILES string of the molecule is CCCCCCCOc1ccc(NC(=S)NC(=O)C=Cc2cccc3ccccc23)cc1. The molecule has 4 nitrogen and oxygen atoms in total. The molecule has 3 rings (SSSR count). The van der Waals surface area contributed by atoms with Gasteiger partial charge in [-0.3, -0.25) is 10.1 Å². The van der Waals surface area contributed by atoms with Gasteiger partial charge in [0.05, 0.1) is 6.61 Å². The predicted molar refractivity (Wildman–Crippen MR) is 138 cm³/mol. The van der Waals surface area contributed by atoms with E-state index in [-0.39, 0.29) is 11.0 Å². The van der Waals surface area contributed by atoms with Crippen LogP contribution in [-0.4, -0.2) is 17.6 Å². The van der Waals surface area contributed by atoms with Crippen molar-refractivity contribution in [2.45, 2.75) is 39.0 Å². The molecule has 5 heteroatoms. The Morgan fingerprint density at radius 3 is 2.50 bits per heavy atom. The van der Waals surface area contributed by atoms with E-state index in [4.69, 9.17) is 17.0 Å². The second-order valence-electron chi connectivity index (χ2n) is 7.63. The first kappa shape index (κ1) is 23.5. The zero-order valence-corrected chi connectivity index (χ0v) is 19.3. The Bertz CT molecular complexity index is 1060. The van der Waals surface area contributed by atoms with E-state index in [9.17, 15) is 4.79 Å². The molecular formula is C27H30N2O2S. The Morgan fingerprint density at radius 1 is 0.938 bits per heavy atom. The van der Waals surface area contributed by atoms with Gasteiger partial charge in [0.2, 0.25) is 5.91 Å². The van der Waals surface area contributed by atoms with Crippen molar-refractivity contribution in [1.82, 2.24) is 5.32 Å². The predicted octanol–water partition coefficient (Wildman–Crippen LogP) is 6.72. The molecular weight excluding hydrogens is 416 g/mol. The summed E-state index contributed by atoms with van der Waals surface area (Å²) in [6, 6.07) is 21.7. The van der Waals surface area contributed by atoms with Crippen LogP contribution >= 0.6 is 12.2 Å². The molecule has 0 atom stereocenters. The maximum absolute atomic E-state index is 12.3. The summed E-state index contributed by atoms with van der Waals surface area (Å²) in [5.41, 5.74) is 1.78. The number of nitrogens with one attached hydrogen (secondary N) is 2. The fraction of sp³-hybridized carbons (Fsp3) is 0.259. The summed E-state index contributed by atoms with van der Waals surface area (Å²) in [5.74, 6) is 0.553. The van der Waals surface area contributed by atoms with Crippen molar-refractivity contribution in [2.75, 3.05) is 11.9 Å². The first-order chi connectivity index (χ1) is 15.7. The summed E-state index contributed by atoms with van der Waals surface area (Å²) in [4.78, 5) is 12.3. The molecule has 0 unspecified atom stereocenters. The number of benzene rings is 3. The number of anilines is 1. The molecule has 3 aromatic rings. The lowest BCUT2D eigenvalue weighted by molar-refractivity contribution is -0.115. The monoisotopic (exact) mass is 446 g/mol. The number of ether oxygens (including phenoxy) is 1. The zero-order chi connectivity index (χ0) is 22.6. The van der Waals surface area contributed by atoms with Gasteiger partial charge >= 0.3 is 0 Å². The number of rotatable bonds is 10. The van der Waals surface area contributed by atoms with Crippen molar-refractivity contribution in [2.24, 2.45) is 0 Å². The van der Waals surface area contributed by atoms with Crippen molar-refractivity contribution in [3.05, 3.63) is 78.4 Å². The van der Waals surface area contributed by atoms with Crippen LogP contribution in [-0.2, 0) is 4.79 Å². The number of fused-ring (bicyclic) bond motifs is 1. The molecule has 0 fully saturated rings. The summed E-state index contributed by atoms with van der Waals surface area (Å²) < 4.78 is 5.78. The number of hydrogen-bond acceptors (Lipinski definition) is 3. The minimum absolute atomic E-state index is 0.252. The number of amides is 1. The van der Waals surface area contributed by atoms with E-state index in [0.717, 1.165) is 40.8 Å². The highest BCUT2D eigenvalue weighted by atomic mass is 32.1. The Labute approximate surface area is 195 Å². The van der Waals surface area contributed by atoms with Gasteiger partial charge in [0.1, 0.15) is 5.75 Å². The Balaban J connectivity index is 1.44. The molecule has 0 bridgehead atoms. The lowest BCUT2D eigenvalue weighted by Gasteiger charge is -2.10. The molecule has 2 N–H and O–H groups in total. The third kappa shape index (κ3) is 7.50. The molecule has 3 aromatic carbocycles. The quantitative estimate of drug-likeness (QED) is 0.206. The normalized spacial score (nSPS) is 10.9. The second-order valence-corrected chi connectivity index (χ2v) is 8.04. The van der Waals surface area contributed by atoms with Gasteiger partial charge in [-0.1, -0.05) is 75.1 Å². The minimum atomic E-state index is -0.279. The molecule has 0 saturated heterocycles. The highest BCUT2D eigenvalue weighted by Crippen LogP contribution is 2.19. The molecule has 0 aliphatic carbocycles. The number of thiocarbonyl (C=S) groups is 1. The summed E-state index contributed by atoms with van der Waals surface area (Å²) in [5, 5.41) is 8.20. The van der Waals surface area contributed by atoms with Crippen LogP contribution in [0, 0.1) is 0 Å². The molecule has 0 spiro atoms. The standard InChI is InChI=1S/C27H30N2O2S/c1-2-3-4-5-8-20-31-24-17-15-23(16-18-24)28-27(32)29-26(30)19-14-22-12-9-11-21-10-6-7-13-25(21)22/h6-7,9-19H,2-5,8,20H2,1H3,(H2,28,29,30,32). The average Bonchev–Trinajstić information content (AvgIpc) is 2.81. The summed E-state index contributed by atoms with van der Waals surface area (Å²) in [6.07, 6.45) is 9.37. The average molecular weight is 447 g/mol. The number of unbranched alkanes of at least 4 members (excludes halogenated alkanes) is 4. The molecule has 0 aliphatic rings. The molecule has 32 heavy (non-hydrogen) atoms. The summed E-state index contributed by atoms with van der Waals surface area (Å²) >= 11 is 5.27. The Kier molecular flexibility index (Phi) is 9.26. The molecule has 166 valence electrons. The number of carbonyl (C=O) groups excluding carboxylic acids is 1. The van der Waals surface area contributed by atoms with Crippen LogP contribution in [0.4, 0.5) is 5.69 Å². The van der Waals surface area contributed by atoms with Gasteiger partial charge in [-0.15, -0.1) is 0 Å². The van der Waals surface area contributed by atoms with E-state index in [1.165, 1.54) is 31.8 Å². The number of hydrogen-bond donors (Lipinski definition) is 2. The van der Waals surface area contributed by atoms with E-state index >= 15 is 0 Å². The minimum Gasteiger partial charge on any atom is -0.494 e. The molecule has 0 aliphatic heterocycles. The van der Waals surface area contributed by atoms with Gasteiger partial charge in [0.25, 0.3) is 0 Å². The van der Waals surface area contributed by atoms with Crippen molar-refractivity contribution in [3.63, 3.8) is 0 Å². The van der Waals surface area contributed by atoms with Gasteiger partial charge in [-0.25, -0.2) is 0 Å². The van der Waals surface area contributed by atoms with Crippen molar-refractivity contribution in [3.8, 4) is 5.75 Å². The highest BCUT2D eigenvalue weighted by Gasteiger charge is 2.03. The van der Waals surface area contributed by atoms with Gasteiger partial charge in [0, 0.05) is 11.8 Å². The van der Waals surface area contributed by atoms with Crippen LogP contribution in [0.25, 0.3) is 16.8 Å². The van der Waals surface area contributed by atoms with Crippen molar-refractivity contribution < 1.29 is 9.53 Å². The molecule has 0 aromatic heterocycles. The maximum Gasteiger partial charge on any atom is 0.250 e. The van der Waals surface area contributed by atoms with Crippen LogP contribution in [0.1, 0.15) is 44.6 Å². The van der Waals surface area contributed by atoms with Gasteiger partial charge in [-0.2, -0.15) is 0 Å². The fourth-order valence-corrected chi connectivity index (χ4v) is 3.63. The van der Waals surface area contributed by atoms with E-state index < -0.39 is 0 Å². The van der Waals surface area contributed by atoms with E-state index in [0.29, 0.717) is 0 Å².